The van der Waals surface area contributed by atoms with Gasteiger partial charge in [-0.3, -0.25) is 14.6 Å². The average molecular weight is 377 g/mol. The Labute approximate surface area is 143 Å². The van der Waals surface area contributed by atoms with Crippen LogP contribution in [-0.4, -0.2) is 9.38 Å². The molecule has 0 saturated carbocycles. The van der Waals surface area contributed by atoms with Gasteiger partial charge in [-0.05, 0) is 35.0 Å². The molecule has 0 saturated heterocycles. The van der Waals surface area contributed by atoms with Crippen LogP contribution in [0.15, 0.2) is 68.9 Å². The van der Waals surface area contributed by atoms with Crippen molar-refractivity contribution in [1.29, 1.82) is 0 Å². The zero-order valence-corrected chi connectivity index (χ0v) is 13.9. The van der Waals surface area contributed by atoms with E-state index in [9.17, 15) is 9.59 Å². The summed E-state index contributed by atoms with van der Waals surface area (Å²) in [6, 6.07) is 13.1. The molecule has 3 heterocycles. The van der Waals surface area contributed by atoms with Gasteiger partial charge in [0.15, 0.2) is 0 Å². The normalized spacial score (nSPS) is 11.9. The Bertz CT molecular complexity index is 1300. The van der Waals surface area contributed by atoms with E-state index < -0.39 is 0 Å². The zero-order valence-electron chi connectivity index (χ0n) is 12.3. The van der Waals surface area contributed by atoms with Gasteiger partial charge >= 0.3 is 0 Å². The molecule has 0 radical (unpaired) electrons. The van der Waals surface area contributed by atoms with Gasteiger partial charge in [-0.1, -0.05) is 34.1 Å². The summed E-state index contributed by atoms with van der Waals surface area (Å²) >= 11 is 3.56. The van der Waals surface area contributed by atoms with Crippen LogP contribution in [0.3, 0.4) is 0 Å². The third kappa shape index (κ3) is 1.59. The molecule has 0 fully saturated rings. The van der Waals surface area contributed by atoms with Crippen molar-refractivity contribution in [2.75, 3.05) is 0 Å². The van der Waals surface area contributed by atoms with Crippen molar-refractivity contribution in [3.8, 4) is 0 Å². The molecule has 4 nitrogen and oxygen atoms in total. The SMILES string of the molecule is O=c1c2ccccc2c2cc(Br)cc3c4ccncc4c(=O)n1c23. The van der Waals surface area contributed by atoms with E-state index in [4.69, 9.17) is 0 Å². The molecule has 0 aliphatic heterocycles. The number of fused-ring (bicyclic) bond motifs is 4. The van der Waals surface area contributed by atoms with Gasteiger partial charge in [-0.2, -0.15) is 0 Å². The third-order valence-electron chi connectivity index (χ3n) is 4.49. The predicted octanol–water partition coefficient (Wildman–Crippen LogP) is 3.71. The number of rotatable bonds is 0. The fourth-order valence-corrected chi connectivity index (χ4v) is 3.95. The Balaban J connectivity index is 2.33. The first-order chi connectivity index (χ1) is 11.7. The van der Waals surface area contributed by atoms with Gasteiger partial charge in [-0.25, -0.2) is 4.40 Å². The van der Waals surface area contributed by atoms with Gasteiger partial charge < -0.3 is 0 Å². The molecule has 0 aliphatic carbocycles. The molecule has 0 amide bonds. The molecule has 5 heteroatoms. The molecule has 0 aliphatic rings. The summed E-state index contributed by atoms with van der Waals surface area (Å²) in [5, 5.41) is 4.37. The zero-order chi connectivity index (χ0) is 16.4. The molecule has 5 rings (SSSR count). The third-order valence-corrected chi connectivity index (χ3v) is 4.95. The first-order valence-electron chi connectivity index (χ1n) is 7.43. The molecule has 5 aromatic rings. The minimum absolute atomic E-state index is 0.291. The van der Waals surface area contributed by atoms with E-state index in [2.05, 4.69) is 20.9 Å². The van der Waals surface area contributed by atoms with Gasteiger partial charge in [0.2, 0.25) is 0 Å². The molecule has 2 aromatic carbocycles. The van der Waals surface area contributed by atoms with Crippen molar-refractivity contribution in [3.63, 3.8) is 0 Å². The number of hydrogen-bond donors (Lipinski definition) is 0. The summed E-state index contributed by atoms with van der Waals surface area (Å²) in [6.45, 7) is 0. The largest absolute Gasteiger partial charge is 0.268 e. The average Bonchev–Trinajstić information content (AvgIpc) is 2.61. The number of benzene rings is 2. The van der Waals surface area contributed by atoms with E-state index in [1.54, 1.807) is 12.3 Å². The molecule has 0 bridgehead atoms. The van der Waals surface area contributed by atoms with Crippen molar-refractivity contribution in [2.45, 2.75) is 0 Å². The van der Waals surface area contributed by atoms with Crippen molar-refractivity contribution >= 4 is 53.8 Å². The molecule has 0 unspecified atom stereocenters. The van der Waals surface area contributed by atoms with E-state index in [1.807, 2.05) is 36.4 Å². The molecule has 0 N–H and O–H groups in total. The standard InChI is InChI=1S/C19H9BrN2O2/c20-10-7-14-11-3-1-2-4-13(11)18(23)22-17(14)15(8-10)12-5-6-21-9-16(12)19(22)24/h1-9H. The van der Waals surface area contributed by atoms with Crippen LogP contribution in [-0.2, 0) is 0 Å². The van der Waals surface area contributed by atoms with Gasteiger partial charge in [-0.15, -0.1) is 0 Å². The highest BCUT2D eigenvalue weighted by molar-refractivity contribution is 9.10. The van der Waals surface area contributed by atoms with Crippen molar-refractivity contribution in [3.05, 3.63) is 80.0 Å². The van der Waals surface area contributed by atoms with Crippen LogP contribution < -0.4 is 11.1 Å². The van der Waals surface area contributed by atoms with Crippen LogP contribution in [0.5, 0.6) is 0 Å². The molecule has 24 heavy (non-hydrogen) atoms. The van der Waals surface area contributed by atoms with Gasteiger partial charge in [0.05, 0.1) is 10.9 Å². The first-order valence-corrected chi connectivity index (χ1v) is 8.22. The second-order valence-electron chi connectivity index (χ2n) is 5.76. The molecule has 0 spiro atoms. The second-order valence-corrected chi connectivity index (χ2v) is 6.68. The van der Waals surface area contributed by atoms with E-state index in [1.165, 1.54) is 10.6 Å². The maximum absolute atomic E-state index is 13.0. The Kier molecular flexibility index (Phi) is 2.62. The summed E-state index contributed by atoms with van der Waals surface area (Å²) in [6.07, 6.45) is 3.18. The van der Waals surface area contributed by atoms with Gasteiger partial charge in [0.1, 0.15) is 0 Å². The van der Waals surface area contributed by atoms with Crippen LogP contribution in [0.1, 0.15) is 0 Å². The molecular formula is C19H9BrN2O2. The van der Waals surface area contributed by atoms with Gasteiger partial charge in [0.25, 0.3) is 11.1 Å². The van der Waals surface area contributed by atoms with Crippen LogP contribution in [0.25, 0.3) is 37.8 Å². The lowest BCUT2D eigenvalue weighted by atomic mass is 10.0. The van der Waals surface area contributed by atoms with Crippen LogP contribution in [0, 0.1) is 0 Å². The molecule has 0 atom stereocenters. The van der Waals surface area contributed by atoms with Crippen LogP contribution >= 0.6 is 15.9 Å². The quantitative estimate of drug-likeness (QED) is 0.305. The molecular weight excluding hydrogens is 368 g/mol. The Morgan fingerprint density at radius 1 is 0.792 bits per heavy atom. The Morgan fingerprint density at radius 3 is 2.17 bits per heavy atom. The monoisotopic (exact) mass is 376 g/mol. The van der Waals surface area contributed by atoms with Crippen LogP contribution in [0.2, 0.25) is 0 Å². The number of hydrogen-bond acceptors (Lipinski definition) is 3. The lowest BCUT2D eigenvalue weighted by molar-refractivity contribution is 1.08. The fraction of sp³-hybridized carbons (Fsp3) is 0. The topological polar surface area (TPSA) is 51.4 Å². The highest BCUT2D eigenvalue weighted by atomic mass is 79.9. The molecule has 3 aromatic heterocycles. The minimum atomic E-state index is -0.325. The maximum Gasteiger partial charge on any atom is 0.267 e. The number of aromatic nitrogens is 2. The Morgan fingerprint density at radius 2 is 1.42 bits per heavy atom. The highest BCUT2D eigenvalue weighted by Gasteiger charge is 2.17. The number of nitrogens with zero attached hydrogens (tertiary/aromatic N) is 2. The van der Waals surface area contributed by atoms with Crippen molar-refractivity contribution in [2.24, 2.45) is 0 Å². The lowest BCUT2D eigenvalue weighted by Gasteiger charge is -2.12. The van der Waals surface area contributed by atoms with E-state index in [-0.39, 0.29) is 11.1 Å². The van der Waals surface area contributed by atoms with E-state index in [0.29, 0.717) is 16.3 Å². The van der Waals surface area contributed by atoms with Crippen molar-refractivity contribution in [1.82, 2.24) is 9.38 Å². The number of pyridine rings is 3. The van der Waals surface area contributed by atoms with Crippen LogP contribution in [0.4, 0.5) is 0 Å². The predicted molar refractivity (Wildman–Crippen MR) is 99.1 cm³/mol. The maximum atomic E-state index is 13.0. The van der Waals surface area contributed by atoms with E-state index >= 15 is 0 Å². The fourth-order valence-electron chi connectivity index (χ4n) is 3.49. The lowest BCUT2D eigenvalue weighted by Crippen LogP contribution is -2.27. The smallest absolute Gasteiger partial charge is 0.267 e. The summed E-state index contributed by atoms with van der Waals surface area (Å²) in [4.78, 5) is 30.0. The Hall–Kier alpha value is -2.79. The molecule has 114 valence electrons. The summed E-state index contributed by atoms with van der Waals surface area (Å²) in [5.74, 6) is 0. The van der Waals surface area contributed by atoms with Crippen molar-refractivity contribution < 1.29 is 0 Å². The minimum Gasteiger partial charge on any atom is -0.268 e. The number of halogens is 1. The summed E-state index contributed by atoms with van der Waals surface area (Å²) in [7, 11) is 0. The first kappa shape index (κ1) is 13.6. The van der Waals surface area contributed by atoms with E-state index in [0.717, 1.165) is 26.0 Å². The summed E-state index contributed by atoms with van der Waals surface area (Å²) in [5.41, 5.74) is 0.0421. The summed E-state index contributed by atoms with van der Waals surface area (Å²) < 4.78 is 2.18. The highest BCUT2D eigenvalue weighted by Crippen LogP contribution is 2.32. The second kappa shape index (κ2) is 4.61. The van der Waals surface area contributed by atoms with Gasteiger partial charge in [0, 0.05) is 33.0 Å².